The summed E-state index contributed by atoms with van der Waals surface area (Å²) in [7, 11) is 0. The molecule has 2 aromatic rings. The Morgan fingerprint density at radius 2 is 2.05 bits per heavy atom. The lowest BCUT2D eigenvalue weighted by Crippen LogP contribution is -2.27. The largest absolute Gasteiger partial charge is 0.419 e. The minimum Gasteiger partial charge on any atom is -0.419 e. The van der Waals surface area contributed by atoms with Crippen molar-refractivity contribution >= 4 is 5.91 Å². The van der Waals surface area contributed by atoms with Crippen LogP contribution in [0.2, 0.25) is 0 Å². The number of carbonyl (C=O) groups excluding carboxylic acids is 1. The number of nitrogens with zero attached hydrogens (tertiary/aromatic N) is 2. The molecule has 0 unspecified atom stereocenters. The first-order chi connectivity index (χ1) is 9.08. The van der Waals surface area contributed by atoms with Crippen LogP contribution in [-0.2, 0) is 11.3 Å². The SMILES string of the molecule is Cc1ccccc1-c1nnc(CNC(=O)C(C)C)o1. The average molecular weight is 259 g/mol. The molecule has 0 fully saturated rings. The normalized spacial score (nSPS) is 10.7. The number of hydrogen-bond donors (Lipinski definition) is 1. The number of hydrogen-bond acceptors (Lipinski definition) is 4. The summed E-state index contributed by atoms with van der Waals surface area (Å²) < 4.78 is 5.54. The van der Waals surface area contributed by atoms with Crippen LogP contribution in [0.4, 0.5) is 0 Å². The Labute approximate surface area is 112 Å². The molecule has 1 heterocycles. The first kappa shape index (κ1) is 13.3. The zero-order valence-electron chi connectivity index (χ0n) is 11.3. The van der Waals surface area contributed by atoms with Crippen molar-refractivity contribution in [2.75, 3.05) is 0 Å². The Hall–Kier alpha value is -2.17. The molecule has 0 aliphatic heterocycles. The molecule has 1 aromatic carbocycles. The number of aryl methyl sites for hydroxylation is 1. The van der Waals surface area contributed by atoms with Gasteiger partial charge in [-0.15, -0.1) is 10.2 Å². The molecule has 2 rings (SSSR count). The monoisotopic (exact) mass is 259 g/mol. The molecule has 19 heavy (non-hydrogen) atoms. The second-order valence-electron chi connectivity index (χ2n) is 4.69. The molecular formula is C14H17N3O2. The molecule has 0 spiro atoms. The summed E-state index contributed by atoms with van der Waals surface area (Å²) in [6, 6.07) is 7.80. The van der Waals surface area contributed by atoms with Gasteiger partial charge in [0.05, 0.1) is 6.54 Å². The highest BCUT2D eigenvalue weighted by atomic mass is 16.4. The Morgan fingerprint density at radius 3 is 2.74 bits per heavy atom. The van der Waals surface area contributed by atoms with Crippen LogP contribution in [0.5, 0.6) is 0 Å². The van der Waals surface area contributed by atoms with Crippen LogP contribution in [0, 0.1) is 12.8 Å². The predicted octanol–water partition coefficient (Wildman–Crippen LogP) is 2.32. The minimum absolute atomic E-state index is 0.0318. The number of benzene rings is 1. The van der Waals surface area contributed by atoms with Gasteiger partial charge in [-0.1, -0.05) is 32.0 Å². The lowest BCUT2D eigenvalue weighted by Gasteiger charge is -2.04. The van der Waals surface area contributed by atoms with E-state index in [0.29, 0.717) is 11.8 Å². The van der Waals surface area contributed by atoms with E-state index in [9.17, 15) is 4.79 Å². The maximum atomic E-state index is 11.4. The maximum Gasteiger partial charge on any atom is 0.248 e. The van der Waals surface area contributed by atoms with Gasteiger partial charge in [-0.3, -0.25) is 4.79 Å². The standard InChI is InChI=1S/C14H17N3O2/c1-9(2)13(18)15-8-12-16-17-14(19-12)11-7-5-4-6-10(11)3/h4-7,9H,8H2,1-3H3,(H,15,18). The number of nitrogens with one attached hydrogen (secondary N) is 1. The van der Waals surface area contributed by atoms with Crippen molar-refractivity contribution in [3.05, 3.63) is 35.7 Å². The van der Waals surface area contributed by atoms with Gasteiger partial charge in [0.2, 0.25) is 17.7 Å². The first-order valence-corrected chi connectivity index (χ1v) is 6.24. The van der Waals surface area contributed by atoms with Gasteiger partial charge >= 0.3 is 0 Å². The van der Waals surface area contributed by atoms with Crippen molar-refractivity contribution in [2.45, 2.75) is 27.3 Å². The summed E-state index contributed by atoms with van der Waals surface area (Å²) in [5.74, 6) is 0.800. The van der Waals surface area contributed by atoms with Crippen molar-refractivity contribution in [1.29, 1.82) is 0 Å². The van der Waals surface area contributed by atoms with Gasteiger partial charge in [0, 0.05) is 11.5 Å². The molecule has 0 saturated carbocycles. The summed E-state index contributed by atoms with van der Waals surface area (Å²) >= 11 is 0. The maximum absolute atomic E-state index is 11.4. The van der Waals surface area contributed by atoms with Crippen LogP contribution >= 0.6 is 0 Å². The highest BCUT2D eigenvalue weighted by Crippen LogP contribution is 2.21. The Morgan fingerprint density at radius 1 is 1.32 bits per heavy atom. The number of aromatic nitrogens is 2. The van der Waals surface area contributed by atoms with E-state index < -0.39 is 0 Å². The van der Waals surface area contributed by atoms with Gasteiger partial charge in [0.15, 0.2) is 0 Å². The number of rotatable bonds is 4. The van der Waals surface area contributed by atoms with Gasteiger partial charge in [-0.05, 0) is 18.6 Å². The van der Waals surface area contributed by atoms with E-state index in [1.165, 1.54) is 0 Å². The van der Waals surface area contributed by atoms with Crippen LogP contribution < -0.4 is 5.32 Å². The molecule has 0 aliphatic carbocycles. The third-order valence-electron chi connectivity index (χ3n) is 2.78. The lowest BCUT2D eigenvalue weighted by molar-refractivity contribution is -0.124. The molecule has 1 N–H and O–H groups in total. The van der Waals surface area contributed by atoms with E-state index in [4.69, 9.17) is 4.42 Å². The van der Waals surface area contributed by atoms with Crippen LogP contribution in [-0.4, -0.2) is 16.1 Å². The lowest BCUT2D eigenvalue weighted by atomic mass is 10.1. The topological polar surface area (TPSA) is 68.0 Å². The zero-order chi connectivity index (χ0) is 13.8. The molecule has 5 heteroatoms. The van der Waals surface area contributed by atoms with Crippen molar-refractivity contribution in [3.63, 3.8) is 0 Å². The van der Waals surface area contributed by atoms with Crippen molar-refractivity contribution in [1.82, 2.24) is 15.5 Å². The Bertz CT molecular complexity index is 576. The first-order valence-electron chi connectivity index (χ1n) is 6.24. The molecule has 0 saturated heterocycles. The molecule has 1 amide bonds. The number of amides is 1. The Balaban J connectivity index is 2.08. The van der Waals surface area contributed by atoms with E-state index in [0.717, 1.165) is 11.1 Å². The molecule has 0 aliphatic rings. The van der Waals surface area contributed by atoms with Crippen LogP contribution in [0.1, 0.15) is 25.3 Å². The molecule has 5 nitrogen and oxygen atoms in total. The van der Waals surface area contributed by atoms with Crippen molar-refractivity contribution < 1.29 is 9.21 Å². The van der Waals surface area contributed by atoms with Crippen molar-refractivity contribution in [2.24, 2.45) is 5.92 Å². The van der Waals surface area contributed by atoms with Crippen LogP contribution in [0.3, 0.4) is 0 Å². The smallest absolute Gasteiger partial charge is 0.248 e. The summed E-state index contributed by atoms with van der Waals surface area (Å²) in [5.41, 5.74) is 1.99. The van der Waals surface area contributed by atoms with Gasteiger partial charge in [0.25, 0.3) is 0 Å². The van der Waals surface area contributed by atoms with Gasteiger partial charge in [0.1, 0.15) is 0 Å². The fourth-order valence-electron chi connectivity index (χ4n) is 1.61. The third-order valence-corrected chi connectivity index (χ3v) is 2.78. The van der Waals surface area contributed by atoms with Gasteiger partial charge in [-0.2, -0.15) is 0 Å². The fraction of sp³-hybridized carbons (Fsp3) is 0.357. The summed E-state index contributed by atoms with van der Waals surface area (Å²) in [5, 5.41) is 10.7. The van der Waals surface area contributed by atoms with E-state index in [-0.39, 0.29) is 18.4 Å². The summed E-state index contributed by atoms with van der Waals surface area (Å²) in [6.07, 6.45) is 0. The van der Waals surface area contributed by atoms with Crippen molar-refractivity contribution in [3.8, 4) is 11.5 Å². The molecule has 0 radical (unpaired) electrons. The Kier molecular flexibility index (Phi) is 3.94. The van der Waals surface area contributed by atoms with Gasteiger partial charge in [-0.25, -0.2) is 0 Å². The highest BCUT2D eigenvalue weighted by molar-refractivity contribution is 5.77. The zero-order valence-corrected chi connectivity index (χ0v) is 11.3. The predicted molar refractivity (Wildman–Crippen MR) is 71.2 cm³/mol. The highest BCUT2D eigenvalue weighted by Gasteiger charge is 2.12. The quantitative estimate of drug-likeness (QED) is 0.914. The van der Waals surface area contributed by atoms with E-state index >= 15 is 0 Å². The van der Waals surface area contributed by atoms with E-state index in [2.05, 4.69) is 15.5 Å². The van der Waals surface area contributed by atoms with E-state index in [1.54, 1.807) is 0 Å². The minimum atomic E-state index is -0.0567. The van der Waals surface area contributed by atoms with Crippen LogP contribution in [0.25, 0.3) is 11.5 Å². The molecule has 0 atom stereocenters. The van der Waals surface area contributed by atoms with Gasteiger partial charge < -0.3 is 9.73 Å². The second-order valence-corrected chi connectivity index (χ2v) is 4.69. The number of carbonyl (C=O) groups is 1. The fourth-order valence-corrected chi connectivity index (χ4v) is 1.61. The third kappa shape index (κ3) is 3.19. The molecule has 100 valence electrons. The second kappa shape index (κ2) is 5.65. The molecular weight excluding hydrogens is 242 g/mol. The van der Waals surface area contributed by atoms with E-state index in [1.807, 2.05) is 45.0 Å². The molecule has 0 bridgehead atoms. The summed E-state index contributed by atoms with van der Waals surface area (Å²) in [6.45, 7) is 5.92. The molecule has 1 aromatic heterocycles. The average Bonchev–Trinajstić information content (AvgIpc) is 2.85. The van der Waals surface area contributed by atoms with Crippen LogP contribution in [0.15, 0.2) is 28.7 Å². The summed E-state index contributed by atoms with van der Waals surface area (Å²) in [4.78, 5) is 11.4.